The van der Waals surface area contributed by atoms with E-state index in [1.165, 1.54) is 0 Å². The van der Waals surface area contributed by atoms with E-state index in [0.717, 1.165) is 16.8 Å². The summed E-state index contributed by atoms with van der Waals surface area (Å²) in [4.78, 5) is 37.9. The largest absolute Gasteiger partial charge is 0.370 e. The number of carbonyl (C=O) groups excluding carboxylic acids is 2. The highest BCUT2D eigenvalue weighted by atomic mass is 16.2. The Morgan fingerprint density at radius 1 is 0.861 bits per heavy atom. The van der Waals surface area contributed by atoms with Crippen LogP contribution in [0, 0.1) is 0 Å². The predicted molar refractivity (Wildman–Crippen MR) is 139 cm³/mol. The van der Waals surface area contributed by atoms with Crippen molar-refractivity contribution in [2.24, 2.45) is 0 Å². The number of aromatic nitrogens is 3. The van der Waals surface area contributed by atoms with Crippen LogP contribution in [0.1, 0.15) is 28.5 Å². The second kappa shape index (κ2) is 12.1. The molecule has 0 radical (unpaired) electrons. The Hall–Kier alpha value is -4.79. The Balaban J connectivity index is 1.40. The Morgan fingerprint density at radius 2 is 1.72 bits per heavy atom. The number of pyridine rings is 3. The second-order valence-electron chi connectivity index (χ2n) is 7.87. The quantitative estimate of drug-likeness (QED) is 0.284. The zero-order valence-corrected chi connectivity index (χ0v) is 19.9. The van der Waals surface area contributed by atoms with Gasteiger partial charge in [0.1, 0.15) is 5.82 Å². The number of benzene rings is 1. The van der Waals surface area contributed by atoms with Gasteiger partial charge in [-0.05, 0) is 55.0 Å². The van der Waals surface area contributed by atoms with Crippen LogP contribution in [0.25, 0.3) is 11.3 Å². The molecule has 0 spiro atoms. The van der Waals surface area contributed by atoms with Crippen molar-refractivity contribution in [2.75, 3.05) is 17.2 Å². The molecule has 0 aliphatic carbocycles. The number of hydrogen-bond acceptors (Lipinski definition) is 6. The first-order chi connectivity index (χ1) is 17.6. The first kappa shape index (κ1) is 24.3. The molecule has 0 atom stereocenters. The molecule has 4 rings (SSSR count). The number of hydrogen-bond donors (Lipinski definition) is 4. The van der Waals surface area contributed by atoms with Crippen molar-refractivity contribution in [3.05, 3.63) is 102 Å². The predicted octanol–water partition coefficient (Wildman–Crippen LogP) is 4.22. The van der Waals surface area contributed by atoms with Crippen LogP contribution in [0.4, 0.5) is 16.3 Å². The number of nitrogens with zero attached hydrogens (tertiary/aromatic N) is 3. The Morgan fingerprint density at radius 3 is 2.44 bits per heavy atom. The molecule has 182 valence electrons. The lowest BCUT2D eigenvalue weighted by atomic mass is 10.1. The van der Waals surface area contributed by atoms with Crippen molar-refractivity contribution in [3.8, 4) is 11.3 Å². The number of amides is 3. The molecule has 0 aliphatic rings. The topological polar surface area (TPSA) is 121 Å². The maximum absolute atomic E-state index is 12.8. The number of urea groups is 1. The smallest absolute Gasteiger partial charge is 0.319 e. The third-order valence-electron chi connectivity index (χ3n) is 5.25. The van der Waals surface area contributed by atoms with Gasteiger partial charge < -0.3 is 21.3 Å². The molecule has 0 bridgehead atoms. The van der Waals surface area contributed by atoms with Crippen LogP contribution in [0.3, 0.4) is 0 Å². The first-order valence-electron chi connectivity index (χ1n) is 11.6. The minimum Gasteiger partial charge on any atom is -0.370 e. The number of carbonyl (C=O) groups is 2. The Kier molecular flexibility index (Phi) is 8.16. The molecule has 0 unspecified atom stereocenters. The molecule has 0 saturated heterocycles. The maximum Gasteiger partial charge on any atom is 0.319 e. The van der Waals surface area contributed by atoms with Gasteiger partial charge in [-0.3, -0.25) is 14.8 Å². The molecule has 3 amide bonds. The zero-order chi connectivity index (χ0) is 25.2. The fraction of sp³-hybridized carbons (Fsp3) is 0.148. The molecule has 0 saturated carbocycles. The summed E-state index contributed by atoms with van der Waals surface area (Å²) in [6, 6.07) is 19.9. The van der Waals surface area contributed by atoms with Crippen molar-refractivity contribution in [1.29, 1.82) is 0 Å². The molecule has 0 aliphatic heterocycles. The summed E-state index contributed by atoms with van der Waals surface area (Å²) < 4.78 is 0. The van der Waals surface area contributed by atoms with Crippen LogP contribution < -0.4 is 21.3 Å². The van der Waals surface area contributed by atoms with Crippen LogP contribution in [-0.4, -0.2) is 33.4 Å². The van der Waals surface area contributed by atoms with Gasteiger partial charge in [-0.1, -0.05) is 24.3 Å². The van der Waals surface area contributed by atoms with E-state index in [1.54, 1.807) is 42.9 Å². The lowest BCUT2D eigenvalue weighted by molar-refractivity contribution is 0.0951. The minimum atomic E-state index is -0.305. The van der Waals surface area contributed by atoms with Crippen molar-refractivity contribution < 1.29 is 9.59 Å². The summed E-state index contributed by atoms with van der Waals surface area (Å²) in [5, 5.41) is 11.7. The van der Waals surface area contributed by atoms with E-state index < -0.39 is 0 Å². The van der Waals surface area contributed by atoms with Gasteiger partial charge in [0, 0.05) is 42.9 Å². The van der Waals surface area contributed by atoms with Crippen molar-refractivity contribution >= 4 is 23.4 Å². The molecule has 4 aromatic rings. The lowest BCUT2D eigenvalue weighted by Gasteiger charge is -2.13. The third kappa shape index (κ3) is 6.63. The van der Waals surface area contributed by atoms with Gasteiger partial charge in [-0.25, -0.2) is 9.78 Å². The molecule has 3 heterocycles. The molecular weight excluding hydrogens is 454 g/mol. The molecular formula is C27H27N7O2. The Bertz CT molecular complexity index is 1300. The van der Waals surface area contributed by atoms with Crippen LogP contribution >= 0.6 is 0 Å². The molecule has 4 N–H and O–H groups in total. The average Bonchev–Trinajstić information content (AvgIpc) is 2.92. The minimum absolute atomic E-state index is 0.229. The van der Waals surface area contributed by atoms with Gasteiger partial charge in [0.05, 0.1) is 23.5 Å². The van der Waals surface area contributed by atoms with E-state index in [1.807, 2.05) is 49.4 Å². The van der Waals surface area contributed by atoms with Gasteiger partial charge in [-0.2, -0.15) is 0 Å². The van der Waals surface area contributed by atoms with Crippen LogP contribution in [-0.2, 0) is 13.1 Å². The fourth-order valence-electron chi connectivity index (χ4n) is 3.46. The second-order valence-corrected chi connectivity index (χ2v) is 7.87. The van der Waals surface area contributed by atoms with E-state index in [9.17, 15) is 9.59 Å². The average molecular weight is 482 g/mol. The summed E-state index contributed by atoms with van der Waals surface area (Å²) in [5.74, 6) is 0.276. The number of rotatable bonds is 9. The van der Waals surface area contributed by atoms with E-state index in [4.69, 9.17) is 0 Å². The monoisotopic (exact) mass is 481 g/mol. The zero-order valence-electron chi connectivity index (χ0n) is 19.9. The molecule has 1 aromatic carbocycles. The molecule has 36 heavy (non-hydrogen) atoms. The molecule has 9 nitrogen and oxygen atoms in total. The van der Waals surface area contributed by atoms with E-state index in [-0.39, 0.29) is 11.9 Å². The lowest BCUT2D eigenvalue weighted by Crippen LogP contribution is -2.28. The molecule has 3 aromatic heterocycles. The maximum atomic E-state index is 12.8. The van der Waals surface area contributed by atoms with E-state index >= 15 is 0 Å². The highest BCUT2D eigenvalue weighted by Gasteiger charge is 2.14. The number of anilines is 2. The standard InChI is InChI=1S/C27H27N7O2/c1-2-29-25-23(26(35)31-18-22-7-3-4-15-30-22)12-13-24(34-25)20-8-10-21(11-9-20)33-27(36)32-17-19-6-5-14-28-16-19/h3-16H,2,17-18H2,1H3,(H,29,34)(H,31,35)(H2,32,33,36). The molecule has 0 fully saturated rings. The fourth-order valence-corrected chi connectivity index (χ4v) is 3.46. The van der Waals surface area contributed by atoms with Crippen molar-refractivity contribution in [2.45, 2.75) is 20.0 Å². The van der Waals surface area contributed by atoms with Crippen LogP contribution in [0.5, 0.6) is 0 Å². The van der Waals surface area contributed by atoms with Gasteiger partial charge in [0.15, 0.2) is 0 Å². The summed E-state index contributed by atoms with van der Waals surface area (Å²) in [6.45, 7) is 3.28. The first-order valence-corrected chi connectivity index (χ1v) is 11.6. The van der Waals surface area contributed by atoms with E-state index in [0.29, 0.717) is 42.4 Å². The van der Waals surface area contributed by atoms with Crippen LogP contribution in [0.15, 0.2) is 85.3 Å². The SMILES string of the molecule is CCNc1nc(-c2ccc(NC(=O)NCc3cccnc3)cc2)ccc1C(=O)NCc1ccccn1. The van der Waals surface area contributed by atoms with Gasteiger partial charge >= 0.3 is 6.03 Å². The normalized spacial score (nSPS) is 10.4. The summed E-state index contributed by atoms with van der Waals surface area (Å²) in [6.07, 6.45) is 5.09. The Labute approximate surface area is 209 Å². The number of nitrogens with one attached hydrogen (secondary N) is 4. The summed E-state index contributed by atoms with van der Waals surface area (Å²) >= 11 is 0. The van der Waals surface area contributed by atoms with Crippen LogP contribution in [0.2, 0.25) is 0 Å². The summed E-state index contributed by atoms with van der Waals surface area (Å²) in [5.41, 5.74) is 4.37. The van der Waals surface area contributed by atoms with E-state index in [2.05, 4.69) is 36.2 Å². The van der Waals surface area contributed by atoms with Gasteiger partial charge in [0.25, 0.3) is 5.91 Å². The molecule has 9 heteroatoms. The summed E-state index contributed by atoms with van der Waals surface area (Å²) in [7, 11) is 0. The van der Waals surface area contributed by atoms with Gasteiger partial charge in [-0.15, -0.1) is 0 Å². The third-order valence-corrected chi connectivity index (χ3v) is 5.25. The highest BCUT2D eigenvalue weighted by molar-refractivity contribution is 5.99. The highest BCUT2D eigenvalue weighted by Crippen LogP contribution is 2.23. The van der Waals surface area contributed by atoms with Crippen molar-refractivity contribution in [1.82, 2.24) is 25.6 Å². The van der Waals surface area contributed by atoms with Crippen molar-refractivity contribution in [3.63, 3.8) is 0 Å². The van der Waals surface area contributed by atoms with Gasteiger partial charge in [0.2, 0.25) is 0 Å².